The summed E-state index contributed by atoms with van der Waals surface area (Å²) >= 11 is 0. The summed E-state index contributed by atoms with van der Waals surface area (Å²) in [7, 11) is 0. The highest BCUT2D eigenvalue weighted by Gasteiger charge is 2.16. The Bertz CT molecular complexity index is 449. The summed E-state index contributed by atoms with van der Waals surface area (Å²) in [4.78, 5) is 4.68. The molecule has 2 heterocycles. The molecule has 1 aromatic carbocycles. The van der Waals surface area contributed by atoms with E-state index >= 15 is 0 Å². The van der Waals surface area contributed by atoms with Crippen LogP contribution in [0.2, 0.25) is 0 Å². The van der Waals surface area contributed by atoms with E-state index in [1.165, 1.54) is 44.3 Å². The van der Waals surface area contributed by atoms with Crippen molar-refractivity contribution in [2.24, 2.45) is 0 Å². The van der Waals surface area contributed by atoms with Gasteiger partial charge in [-0.15, -0.1) is 0 Å². The lowest BCUT2D eigenvalue weighted by molar-refractivity contribution is 0.277. The number of hydrogen-bond acceptors (Lipinski definition) is 3. The zero-order valence-corrected chi connectivity index (χ0v) is 12.8. The zero-order valence-electron chi connectivity index (χ0n) is 12.8. The van der Waals surface area contributed by atoms with E-state index in [1.54, 1.807) is 6.07 Å². The fourth-order valence-electron chi connectivity index (χ4n) is 3.36. The van der Waals surface area contributed by atoms with Gasteiger partial charge in [0.1, 0.15) is 5.82 Å². The second-order valence-corrected chi connectivity index (χ2v) is 6.21. The summed E-state index contributed by atoms with van der Waals surface area (Å²) in [5, 5.41) is 3.32. The van der Waals surface area contributed by atoms with Crippen molar-refractivity contribution in [1.29, 1.82) is 0 Å². The quantitative estimate of drug-likeness (QED) is 0.923. The minimum atomic E-state index is -0.0866. The van der Waals surface area contributed by atoms with E-state index in [-0.39, 0.29) is 5.82 Å². The van der Waals surface area contributed by atoms with Crippen LogP contribution in [0.1, 0.15) is 31.2 Å². The Hall–Kier alpha value is -1.13. The zero-order chi connectivity index (χ0) is 14.5. The van der Waals surface area contributed by atoms with Crippen LogP contribution in [0.3, 0.4) is 0 Å². The van der Waals surface area contributed by atoms with E-state index in [1.807, 2.05) is 6.07 Å². The van der Waals surface area contributed by atoms with Gasteiger partial charge >= 0.3 is 0 Å². The topological polar surface area (TPSA) is 18.5 Å². The number of hydrogen-bond donors (Lipinski definition) is 1. The second kappa shape index (κ2) is 7.23. The molecule has 2 fully saturated rings. The smallest absolute Gasteiger partial charge is 0.146 e. The first-order valence-electron chi connectivity index (χ1n) is 8.29. The molecule has 2 saturated heterocycles. The van der Waals surface area contributed by atoms with Gasteiger partial charge in [0.2, 0.25) is 0 Å². The Morgan fingerprint density at radius 2 is 1.67 bits per heavy atom. The van der Waals surface area contributed by atoms with Crippen molar-refractivity contribution in [1.82, 2.24) is 10.2 Å². The summed E-state index contributed by atoms with van der Waals surface area (Å²) in [6, 6.07) is 5.65. The van der Waals surface area contributed by atoms with E-state index in [2.05, 4.69) is 21.2 Å². The number of nitrogens with one attached hydrogen (secondary N) is 1. The monoisotopic (exact) mass is 291 g/mol. The Morgan fingerprint density at radius 3 is 2.38 bits per heavy atom. The highest BCUT2D eigenvalue weighted by molar-refractivity contribution is 5.50. The van der Waals surface area contributed by atoms with Crippen LogP contribution < -0.4 is 10.2 Å². The fourth-order valence-corrected chi connectivity index (χ4v) is 3.36. The van der Waals surface area contributed by atoms with Gasteiger partial charge in [0.15, 0.2) is 0 Å². The van der Waals surface area contributed by atoms with Crippen molar-refractivity contribution in [2.75, 3.05) is 44.2 Å². The van der Waals surface area contributed by atoms with Crippen molar-refractivity contribution >= 4 is 5.69 Å². The lowest BCUT2D eigenvalue weighted by Crippen LogP contribution is -2.43. The van der Waals surface area contributed by atoms with Crippen molar-refractivity contribution in [3.05, 3.63) is 29.6 Å². The first kappa shape index (κ1) is 14.8. The predicted molar refractivity (Wildman–Crippen MR) is 85.2 cm³/mol. The van der Waals surface area contributed by atoms with Crippen LogP contribution in [-0.4, -0.2) is 44.2 Å². The van der Waals surface area contributed by atoms with Crippen LogP contribution in [-0.2, 0) is 6.54 Å². The van der Waals surface area contributed by atoms with Crippen molar-refractivity contribution < 1.29 is 4.39 Å². The molecule has 2 aliphatic heterocycles. The molecule has 0 spiro atoms. The van der Waals surface area contributed by atoms with Crippen LogP contribution in [0.4, 0.5) is 10.1 Å². The number of halogens is 1. The largest absolute Gasteiger partial charge is 0.367 e. The molecule has 0 aromatic heterocycles. The minimum Gasteiger partial charge on any atom is -0.367 e. The molecule has 116 valence electrons. The maximum atomic E-state index is 14.1. The third-order valence-electron chi connectivity index (χ3n) is 4.57. The highest BCUT2D eigenvalue weighted by atomic mass is 19.1. The molecule has 0 unspecified atom stereocenters. The third kappa shape index (κ3) is 3.95. The van der Waals surface area contributed by atoms with Gasteiger partial charge < -0.3 is 10.2 Å². The number of benzene rings is 1. The van der Waals surface area contributed by atoms with Crippen molar-refractivity contribution in [3.63, 3.8) is 0 Å². The molecule has 4 heteroatoms. The summed E-state index contributed by atoms with van der Waals surface area (Å²) in [5.74, 6) is -0.0866. The van der Waals surface area contributed by atoms with E-state index in [9.17, 15) is 4.39 Å². The Labute approximate surface area is 127 Å². The molecule has 1 N–H and O–H groups in total. The molecule has 3 rings (SSSR count). The van der Waals surface area contributed by atoms with Crippen molar-refractivity contribution in [2.45, 2.75) is 32.2 Å². The Balaban J connectivity index is 1.70. The molecule has 0 aliphatic carbocycles. The van der Waals surface area contributed by atoms with Gasteiger partial charge in [0.05, 0.1) is 5.69 Å². The lowest BCUT2D eigenvalue weighted by Gasteiger charge is -2.30. The van der Waals surface area contributed by atoms with Gasteiger partial charge in [-0.2, -0.15) is 0 Å². The summed E-state index contributed by atoms with van der Waals surface area (Å²) in [5.41, 5.74) is 2.02. The summed E-state index contributed by atoms with van der Waals surface area (Å²) in [6.07, 6.45) is 5.30. The minimum absolute atomic E-state index is 0.0866. The summed E-state index contributed by atoms with van der Waals surface area (Å²) in [6.45, 7) is 6.99. The standard InChI is InChI=1S/C17H26FN3/c18-16-6-5-15(14-20-9-3-1-2-4-10-20)13-17(16)21-11-7-19-8-12-21/h5-6,13,19H,1-4,7-12,14H2. The molecule has 0 atom stereocenters. The van der Waals surface area contributed by atoms with E-state index in [4.69, 9.17) is 0 Å². The molecule has 1 aromatic rings. The Morgan fingerprint density at radius 1 is 0.952 bits per heavy atom. The molecule has 0 bridgehead atoms. The molecule has 0 saturated carbocycles. The van der Waals surface area contributed by atoms with Gasteiger partial charge in [-0.1, -0.05) is 18.9 Å². The fraction of sp³-hybridized carbons (Fsp3) is 0.647. The van der Waals surface area contributed by atoms with Crippen LogP contribution in [0.15, 0.2) is 18.2 Å². The molecule has 21 heavy (non-hydrogen) atoms. The first-order valence-corrected chi connectivity index (χ1v) is 8.29. The molecule has 0 radical (unpaired) electrons. The van der Waals surface area contributed by atoms with Gasteiger partial charge in [-0.3, -0.25) is 4.90 Å². The van der Waals surface area contributed by atoms with E-state index < -0.39 is 0 Å². The number of anilines is 1. The maximum absolute atomic E-state index is 14.1. The molecule has 3 nitrogen and oxygen atoms in total. The first-order chi connectivity index (χ1) is 10.3. The molecular weight excluding hydrogens is 265 g/mol. The normalized spacial score (nSPS) is 21.3. The average Bonchev–Trinajstić information content (AvgIpc) is 2.79. The SMILES string of the molecule is Fc1ccc(CN2CCCCCC2)cc1N1CCNCC1. The predicted octanol–water partition coefficient (Wildman–Crippen LogP) is 2.61. The maximum Gasteiger partial charge on any atom is 0.146 e. The van der Waals surface area contributed by atoms with E-state index in [0.717, 1.165) is 38.4 Å². The van der Waals surface area contributed by atoms with E-state index in [0.29, 0.717) is 0 Å². The van der Waals surface area contributed by atoms with Crippen molar-refractivity contribution in [3.8, 4) is 0 Å². The number of rotatable bonds is 3. The van der Waals surface area contributed by atoms with Crippen LogP contribution in [0, 0.1) is 5.82 Å². The molecule has 0 amide bonds. The number of piperazine rings is 1. The molecule has 2 aliphatic rings. The van der Waals surface area contributed by atoms with Crippen LogP contribution in [0.25, 0.3) is 0 Å². The average molecular weight is 291 g/mol. The van der Waals surface area contributed by atoms with Crippen LogP contribution >= 0.6 is 0 Å². The highest BCUT2D eigenvalue weighted by Crippen LogP contribution is 2.23. The summed E-state index contributed by atoms with van der Waals surface area (Å²) < 4.78 is 14.1. The van der Waals surface area contributed by atoms with Gasteiger partial charge in [-0.25, -0.2) is 4.39 Å². The number of nitrogens with zero attached hydrogens (tertiary/aromatic N) is 2. The second-order valence-electron chi connectivity index (χ2n) is 6.21. The van der Waals surface area contributed by atoms with Gasteiger partial charge in [0.25, 0.3) is 0 Å². The number of likely N-dealkylation sites (tertiary alicyclic amines) is 1. The van der Waals surface area contributed by atoms with Gasteiger partial charge in [-0.05, 0) is 43.6 Å². The molecular formula is C17H26FN3. The van der Waals surface area contributed by atoms with Crippen LogP contribution in [0.5, 0.6) is 0 Å². The van der Waals surface area contributed by atoms with Gasteiger partial charge in [0, 0.05) is 32.7 Å². The Kier molecular flexibility index (Phi) is 5.09. The lowest BCUT2D eigenvalue weighted by atomic mass is 10.1. The third-order valence-corrected chi connectivity index (χ3v) is 4.57.